The Morgan fingerprint density at radius 2 is 1.91 bits per heavy atom. The van der Waals surface area contributed by atoms with Gasteiger partial charge < -0.3 is 19.7 Å². The van der Waals surface area contributed by atoms with Crippen LogP contribution in [0.5, 0.6) is 0 Å². The van der Waals surface area contributed by atoms with Gasteiger partial charge in [0.2, 0.25) is 5.91 Å². The number of carboxylic acids is 1. The van der Waals surface area contributed by atoms with Crippen LogP contribution in [-0.4, -0.2) is 46.8 Å². The smallest absolute Gasteiger partial charge is 0.307 e. The lowest BCUT2D eigenvalue weighted by Crippen LogP contribution is -2.46. The van der Waals surface area contributed by atoms with E-state index >= 15 is 0 Å². The molecule has 0 radical (unpaired) electrons. The van der Waals surface area contributed by atoms with Crippen molar-refractivity contribution in [3.05, 3.63) is 65.2 Å². The molecule has 4 heterocycles. The SMILES string of the molecule is CNC(=O)C1(c2ccc(F)cc2)CCOCC1.O=C(O)Cc1c2n(c3ncccc13)CCCC2. The molecular formula is C26H30FN3O4. The van der Waals surface area contributed by atoms with Gasteiger partial charge in [0, 0.05) is 44.1 Å². The summed E-state index contributed by atoms with van der Waals surface area (Å²) in [6.45, 7) is 2.08. The van der Waals surface area contributed by atoms with E-state index in [1.54, 1.807) is 25.4 Å². The van der Waals surface area contributed by atoms with Crippen molar-refractivity contribution >= 4 is 22.9 Å². The molecule has 3 aromatic rings. The molecule has 5 rings (SSSR count). The highest BCUT2D eigenvalue weighted by molar-refractivity contribution is 5.88. The monoisotopic (exact) mass is 467 g/mol. The second-order valence-corrected chi connectivity index (χ2v) is 8.76. The fourth-order valence-corrected chi connectivity index (χ4v) is 5.11. The Morgan fingerprint density at radius 3 is 2.59 bits per heavy atom. The van der Waals surface area contributed by atoms with Crippen molar-refractivity contribution < 1.29 is 23.8 Å². The number of rotatable bonds is 4. The molecule has 1 saturated heterocycles. The van der Waals surface area contributed by atoms with E-state index in [1.165, 1.54) is 17.8 Å². The number of pyridine rings is 1. The zero-order valence-corrected chi connectivity index (χ0v) is 19.3. The van der Waals surface area contributed by atoms with E-state index in [2.05, 4.69) is 14.9 Å². The molecule has 1 amide bonds. The third-order valence-electron chi connectivity index (χ3n) is 6.82. The summed E-state index contributed by atoms with van der Waals surface area (Å²) in [5.74, 6) is -1.07. The lowest BCUT2D eigenvalue weighted by atomic mass is 9.73. The summed E-state index contributed by atoms with van der Waals surface area (Å²) in [5, 5.41) is 12.7. The first kappa shape index (κ1) is 23.9. The Morgan fingerprint density at radius 1 is 1.18 bits per heavy atom. The highest BCUT2D eigenvalue weighted by Crippen LogP contribution is 2.35. The van der Waals surface area contributed by atoms with Crippen molar-refractivity contribution in [1.29, 1.82) is 0 Å². The average Bonchev–Trinajstić information content (AvgIpc) is 3.18. The molecule has 7 nitrogen and oxygen atoms in total. The molecular weight excluding hydrogens is 437 g/mol. The van der Waals surface area contributed by atoms with E-state index in [-0.39, 0.29) is 18.1 Å². The van der Waals surface area contributed by atoms with E-state index in [9.17, 15) is 14.0 Å². The highest BCUT2D eigenvalue weighted by atomic mass is 19.1. The molecule has 1 fully saturated rings. The summed E-state index contributed by atoms with van der Waals surface area (Å²) >= 11 is 0. The number of nitrogens with zero attached hydrogens (tertiary/aromatic N) is 2. The van der Waals surface area contributed by atoms with Crippen LogP contribution in [0.2, 0.25) is 0 Å². The molecule has 0 unspecified atom stereocenters. The van der Waals surface area contributed by atoms with Gasteiger partial charge in [-0.1, -0.05) is 12.1 Å². The van der Waals surface area contributed by atoms with Gasteiger partial charge in [-0.2, -0.15) is 0 Å². The maximum absolute atomic E-state index is 12.9. The Hall–Kier alpha value is -3.26. The normalized spacial score (nSPS) is 16.8. The molecule has 1 aromatic carbocycles. The maximum atomic E-state index is 12.9. The summed E-state index contributed by atoms with van der Waals surface area (Å²) in [5.41, 5.74) is 3.37. The number of fused-ring (bicyclic) bond motifs is 3. The van der Waals surface area contributed by atoms with E-state index in [0.29, 0.717) is 26.1 Å². The van der Waals surface area contributed by atoms with Crippen molar-refractivity contribution in [3.63, 3.8) is 0 Å². The van der Waals surface area contributed by atoms with Crippen LogP contribution in [0.4, 0.5) is 4.39 Å². The Balaban J connectivity index is 0.000000161. The van der Waals surface area contributed by atoms with Gasteiger partial charge in [0.15, 0.2) is 0 Å². The number of halogens is 1. The molecule has 2 aliphatic rings. The van der Waals surface area contributed by atoms with E-state index in [4.69, 9.17) is 9.84 Å². The first-order valence-electron chi connectivity index (χ1n) is 11.7. The first-order valence-corrected chi connectivity index (χ1v) is 11.7. The Bertz CT molecular complexity index is 1170. The summed E-state index contributed by atoms with van der Waals surface area (Å²) in [6.07, 6.45) is 6.41. The molecule has 8 heteroatoms. The van der Waals surface area contributed by atoms with Crippen LogP contribution < -0.4 is 5.32 Å². The van der Waals surface area contributed by atoms with Gasteiger partial charge >= 0.3 is 5.97 Å². The van der Waals surface area contributed by atoms with Gasteiger partial charge in [0.25, 0.3) is 0 Å². The zero-order chi connectivity index (χ0) is 24.1. The third kappa shape index (κ3) is 4.68. The maximum Gasteiger partial charge on any atom is 0.307 e. The number of aliphatic carboxylic acids is 1. The fourth-order valence-electron chi connectivity index (χ4n) is 5.11. The number of hydrogen-bond donors (Lipinski definition) is 2. The van der Waals surface area contributed by atoms with Crippen molar-refractivity contribution in [2.45, 2.75) is 50.5 Å². The molecule has 0 saturated carbocycles. The van der Waals surface area contributed by atoms with Crippen molar-refractivity contribution in [3.8, 4) is 0 Å². The number of benzene rings is 1. The number of carbonyl (C=O) groups excluding carboxylic acids is 1. The van der Waals surface area contributed by atoms with Crippen molar-refractivity contribution in [2.24, 2.45) is 0 Å². The average molecular weight is 468 g/mol. The number of aromatic nitrogens is 2. The van der Waals surface area contributed by atoms with Crippen LogP contribution in [-0.2, 0) is 39.1 Å². The first-order chi connectivity index (χ1) is 16.5. The molecule has 34 heavy (non-hydrogen) atoms. The molecule has 2 aromatic heterocycles. The van der Waals surface area contributed by atoms with Crippen molar-refractivity contribution in [2.75, 3.05) is 20.3 Å². The second-order valence-electron chi connectivity index (χ2n) is 8.76. The molecule has 0 spiro atoms. The number of aryl methyl sites for hydroxylation is 1. The van der Waals surface area contributed by atoms with Crippen LogP contribution in [0.1, 0.15) is 42.5 Å². The summed E-state index contributed by atoms with van der Waals surface area (Å²) in [4.78, 5) is 27.5. The van der Waals surface area contributed by atoms with Gasteiger partial charge in [-0.3, -0.25) is 9.59 Å². The highest BCUT2D eigenvalue weighted by Gasteiger charge is 2.41. The summed E-state index contributed by atoms with van der Waals surface area (Å²) < 4.78 is 20.4. The van der Waals surface area contributed by atoms with Crippen molar-refractivity contribution in [1.82, 2.24) is 14.9 Å². The topological polar surface area (TPSA) is 93.5 Å². The fraction of sp³-hybridized carbons (Fsp3) is 0.423. The van der Waals surface area contributed by atoms with Crippen LogP contribution in [0.15, 0.2) is 42.6 Å². The number of carboxylic acid groups (broad SMARTS) is 1. The minimum Gasteiger partial charge on any atom is -0.481 e. The van der Waals surface area contributed by atoms with Crippen LogP contribution in [0.3, 0.4) is 0 Å². The van der Waals surface area contributed by atoms with Gasteiger partial charge in [0.1, 0.15) is 11.5 Å². The summed E-state index contributed by atoms with van der Waals surface area (Å²) in [6, 6.07) is 10.0. The number of nitrogens with one attached hydrogen (secondary N) is 1. The molecule has 2 N–H and O–H groups in total. The molecule has 0 atom stereocenters. The van der Waals surface area contributed by atoms with Crippen LogP contribution in [0, 0.1) is 5.82 Å². The Kier molecular flexibility index (Phi) is 7.26. The minimum atomic E-state index is -0.769. The Labute approximate surface area is 197 Å². The van der Waals surface area contributed by atoms with Crippen LogP contribution in [0.25, 0.3) is 11.0 Å². The van der Waals surface area contributed by atoms with Gasteiger partial charge in [-0.15, -0.1) is 0 Å². The number of hydrogen-bond acceptors (Lipinski definition) is 4. The zero-order valence-electron chi connectivity index (χ0n) is 19.3. The minimum absolute atomic E-state index is 0.0209. The van der Waals surface area contributed by atoms with Gasteiger partial charge in [-0.25, -0.2) is 9.37 Å². The van der Waals surface area contributed by atoms with E-state index in [0.717, 1.165) is 48.0 Å². The summed E-state index contributed by atoms with van der Waals surface area (Å²) in [7, 11) is 1.63. The number of amides is 1. The lowest BCUT2D eigenvalue weighted by molar-refractivity contribution is -0.136. The van der Waals surface area contributed by atoms with Gasteiger partial charge in [0.05, 0.1) is 11.8 Å². The number of likely N-dealkylation sites (N-methyl/N-ethyl adjacent to an activating group) is 1. The molecule has 0 bridgehead atoms. The standard InChI is InChI=1S/C13H16FNO2.C13H14N2O2/c1-15-12(16)13(6-8-17-9-7-13)10-2-4-11(14)5-3-10;16-12(17)8-10-9-4-3-6-14-13(9)15-7-2-1-5-11(10)15/h2-5H,6-9H2,1H3,(H,15,16);3-4,6H,1-2,5,7-8H2,(H,16,17). The third-order valence-corrected chi connectivity index (χ3v) is 6.82. The van der Waals surface area contributed by atoms with Gasteiger partial charge in [-0.05, 0) is 67.5 Å². The quantitative estimate of drug-likeness (QED) is 0.611. The largest absolute Gasteiger partial charge is 0.481 e. The van der Waals surface area contributed by atoms with E-state index in [1.807, 2.05) is 12.1 Å². The molecule has 2 aliphatic heterocycles. The lowest BCUT2D eigenvalue weighted by Gasteiger charge is -2.35. The van der Waals surface area contributed by atoms with E-state index < -0.39 is 11.4 Å². The predicted octanol–water partition coefficient (Wildman–Crippen LogP) is 3.62. The number of carbonyl (C=O) groups is 2. The number of ether oxygens (including phenoxy) is 1. The second kappa shape index (κ2) is 10.3. The molecule has 0 aliphatic carbocycles. The predicted molar refractivity (Wildman–Crippen MR) is 126 cm³/mol. The molecule has 180 valence electrons. The van der Waals surface area contributed by atoms with Crippen LogP contribution >= 0.6 is 0 Å².